The molecule has 19 heavy (non-hydrogen) atoms. The summed E-state index contributed by atoms with van der Waals surface area (Å²) in [5.74, 6) is 0.585. The molecule has 1 heterocycles. The minimum absolute atomic E-state index is 0.102. The summed E-state index contributed by atoms with van der Waals surface area (Å²) in [6.07, 6.45) is 1.64. The van der Waals surface area contributed by atoms with Gasteiger partial charge in [0.15, 0.2) is 0 Å². The van der Waals surface area contributed by atoms with E-state index in [1.807, 2.05) is 19.1 Å². The molecule has 0 radical (unpaired) electrons. The van der Waals surface area contributed by atoms with Gasteiger partial charge in [-0.3, -0.25) is 0 Å². The number of aliphatic hydroxyl groups is 1. The molecule has 0 aliphatic carbocycles. The SMILES string of the molecule is CC[C@@H]1N(c2ccc(C#N)c(OC)c2)CC[C@]1(C)O. The zero-order valence-electron chi connectivity index (χ0n) is 11.7. The maximum absolute atomic E-state index is 10.4. The molecule has 1 aromatic carbocycles. The lowest BCUT2D eigenvalue weighted by Crippen LogP contribution is -2.42. The summed E-state index contributed by atoms with van der Waals surface area (Å²) in [4.78, 5) is 2.20. The second-order valence-electron chi connectivity index (χ2n) is 5.22. The Bertz CT molecular complexity index is 505. The van der Waals surface area contributed by atoms with Crippen molar-refractivity contribution in [2.24, 2.45) is 0 Å². The lowest BCUT2D eigenvalue weighted by molar-refractivity contribution is 0.0501. The molecule has 1 aliphatic rings. The molecule has 0 spiro atoms. The molecule has 0 saturated carbocycles. The fourth-order valence-corrected chi connectivity index (χ4v) is 2.93. The van der Waals surface area contributed by atoms with Crippen LogP contribution in [0.1, 0.15) is 32.3 Å². The minimum Gasteiger partial charge on any atom is -0.495 e. The van der Waals surface area contributed by atoms with Crippen LogP contribution in [-0.4, -0.2) is 30.4 Å². The van der Waals surface area contributed by atoms with Gasteiger partial charge in [-0.25, -0.2) is 0 Å². The van der Waals surface area contributed by atoms with Crippen LogP contribution >= 0.6 is 0 Å². The van der Waals surface area contributed by atoms with Gasteiger partial charge in [0.1, 0.15) is 11.8 Å². The van der Waals surface area contributed by atoms with Crippen molar-refractivity contribution >= 4 is 5.69 Å². The zero-order valence-corrected chi connectivity index (χ0v) is 11.7. The Labute approximate surface area is 114 Å². The van der Waals surface area contributed by atoms with Crippen molar-refractivity contribution < 1.29 is 9.84 Å². The third kappa shape index (κ3) is 2.39. The van der Waals surface area contributed by atoms with E-state index in [0.717, 1.165) is 25.1 Å². The zero-order chi connectivity index (χ0) is 14.0. The summed E-state index contributed by atoms with van der Waals surface area (Å²) in [5.41, 5.74) is 0.876. The molecule has 1 aromatic rings. The number of ether oxygens (including phenoxy) is 1. The van der Waals surface area contributed by atoms with E-state index < -0.39 is 5.60 Å². The Morgan fingerprint density at radius 3 is 2.89 bits per heavy atom. The van der Waals surface area contributed by atoms with Gasteiger partial charge in [0, 0.05) is 18.3 Å². The van der Waals surface area contributed by atoms with Crippen LogP contribution in [0, 0.1) is 11.3 Å². The van der Waals surface area contributed by atoms with Gasteiger partial charge in [-0.05, 0) is 31.9 Å². The monoisotopic (exact) mass is 260 g/mol. The van der Waals surface area contributed by atoms with Gasteiger partial charge < -0.3 is 14.7 Å². The van der Waals surface area contributed by atoms with Gasteiger partial charge in [0.25, 0.3) is 0 Å². The van der Waals surface area contributed by atoms with E-state index in [9.17, 15) is 5.11 Å². The van der Waals surface area contributed by atoms with Crippen LogP contribution in [0.3, 0.4) is 0 Å². The molecule has 102 valence electrons. The molecule has 1 aliphatic heterocycles. The lowest BCUT2D eigenvalue weighted by Gasteiger charge is -2.32. The summed E-state index contributed by atoms with van der Waals surface area (Å²) < 4.78 is 5.25. The predicted octanol–water partition coefficient (Wildman–Crippen LogP) is 2.31. The number of nitrogens with zero attached hydrogens (tertiary/aromatic N) is 2. The molecule has 4 heteroatoms. The Morgan fingerprint density at radius 2 is 2.32 bits per heavy atom. The predicted molar refractivity (Wildman–Crippen MR) is 74.4 cm³/mol. The standard InChI is InChI=1S/C15H20N2O2/c1-4-14-15(2,18)7-8-17(14)12-6-5-11(10-16)13(9-12)19-3/h5-6,9,14,18H,4,7-8H2,1-3H3/t14-,15-/m0/s1. The summed E-state index contributed by atoms with van der Waals surface area (Å²) >= 11 is 0. The van der Waals surface area contributed by atoms with Crippen molar-refractivity contribution in [1.29, 1.82) is 5.26 Å². The van der Waals surface area contributed by atoms with Crippen molar-refractivity contribution in [3.63, 3.8) is 0 Å². The van der Waals surface area contributed by atoms with E-state index in [1.165, 1.54) is 0 Å². The van der Waals surface area contributed by atoms with Crippen LogP contribution in [0.15, 0.2) is 18.2 Å². The molecule has 0 unspecified atom stereocenters. The fourth-order valence-electron chi connectivity index (χ4n) is 2.93. The van der Waals surface area contributed by atoms with Crippen LogP contribution in [0.2, 0.25) is 0 Å². The van der Waals surface area contributed by atoms with Gasteiger partial charge in [0.2, 0.25) is 0 Å². The van der Waals surface area contributed by atoms with Crippen LogP contribution in [0.5, 0.6) is 5.75 Å². The number of anilines is 1. The first-order valence-corrected chi connectivity index (χ1v) is 6.60. The molecule has 0 aromatic heterocycles. The maximum Gasteiger partial charge on any atom is 0.138 e. The van der Waals surface area contributed by atoms with E-state index >= 15 is 0 Å². The van der Waals surface area contributed by atoms with Gasteiger partial charge in [0.05, 0.1) is 24.3 Å². The molecule has 2 atom stereocenters. The molecular weight excluding hydrogens is 240 g/mol. The average Bonchev–Trinajstić information content (AvgIpc) is 2.72. The first kappa shape index (κ1) is 13.7. The van der Waals surface area contributed by atoms with Crippen molar-refractivity contribution in [3.8, 4) is 11.8 Å². The molecular formula is C15H20N2O2. The number of nitriles is 1. The van der Waals surface area contributed by atoms with Gasteiger partial charge in [-0.15, -0.1) is 0 Å². The second-order valence-corrected chi connectivity index (χ2v) is 5.22. The summed E-state index contributed by atoms with van der Waals surface area (Å²) in [5, 5.41) is 19.4. The highest BCUT2D eigenvalue weighted by Gasteiger charge is 2.41. The van der Waals surface area contributed by atoms with E-state index in [0.29, 0.717) is 11.3 Å². The third-order valence-corrected chi connectivity index (χ3v) is 3.98. The van der Waals surface area contributed by atoms with E-state index in [-0.39, 0.29) is 6.04 Å². The lowest BCUT2D eigenvalue weighted by atomic mass is 9.95. The molecule has 1 N–H and O–H groups in total. The second kappa shape index (κ2) is 5.10. The highest BCUT2D eigenvalue weighted by atomic mass is 16.5. The van der Waals surface area contributed by atoms with Crippen LogP contribution in [0.4, 0.5) is 5.69 Å². The number of methoxy groups -OCH3 is 1. The Balaban J connectivity index is 2.35. The third-order valence-electron chi connectivity index (χ3n) is 3.98. The minimum atomic E-state index is -0.657. The van der Waals surface area contributed by atoms with Crippen LogP contribution in [0.25, 0.3) is 0 Å². The average molecular weight is 260 g/mol. The number of benzene rings is 1. The maximum atomic E-state index is 10.4. The fraction of sp³-hybridized carbons (Fsp3) is 0.533. The molecule has 2 rings (SSSR count). The smallest absolute Gasteiger partial charge is 0.138 e. The largest absolute Gasteiger partial charge is 0.495 e. The van der Waals surface area contributed by atoms with Crippen molar-refractivity contribution in [2.45, 2.75) is 38.3 Å². The Morgan fingerprint density at radius 1 is 1.58 bits per heavy atom. The Hall–Kier alpha value is -1.73. The van der Waals surface area contributed by atoms with E-state index in [4.69, 9.17) is 10.00 Å². The van der Waals surface area contributed by atoms with E-state index in [2.05, 4.69) is 17.9 Å². The van der Waals surface area contributed by atoms with Crippen molar-refractivity contribution in [1.82, 2.24) is 0 Å². The molecule has 1 fully saturated rings. The van der Waals surface area contributed by atoms with Gasteiger partial charge in [-0.1, -0.05) is 6.92 Å². The summed E-state index contributed by atoms with van der Waals surface area (Å²) in [6.45, 7) is 4.79. The number of hydrogen-bond donors (Lipinski definition) is 1. The molecule has 4 nitrogen and oxygen atoms in total. The van der Waals surface area contributed by atoms with Crippen molar-refractivity contribution in [2.75, 3.05) is 18.6 Å². The highest BCUT2D eigenvalue weighted by Crippen LogP contribution is 2.36. The molecule has 0 bridgehead atoms. The normalized spacial score (nSPS) is 26.3. The first-order chi connectivity index (χ1) is 9.03. The Kier molecular flexibility index (Phi) is 3.68. The highest BCUT2D eigenvalue weighted by molar-refractivity contribution is 5.58. The quantitative estimate of drug-likeness (QED) is 0.906. The summed E-state index contributed by atoms with van der Waals surface area (Å²) in [7, 11) is 1.57. The molecule has 0 amide bonds. The summed E-state index contributed by atoms with van der Waals surface area (Å²) in [6, 6.07) is 7.79. The molecule has 1 saturated heterocycles. The topological polar surface area (TPSA) is 56.5 Å². The van der Waals surface area contributed by atoms with Crippen LogP contribution in [-0.2, 0) is 0 Å². The van der Waals surface area contributed by atoms with Crippen molar-refractivity contribution in [3.05, 3.63) is 23.8 Å². The number of rotatable bonds is 3. The van der Waals surface area contributed by atoms with Gasteiger partial charge in [-0.2, -0.15) is 5.26 Å². The first-order valence-electron chi connectivity index (χ1n) is 6.60. The van der Waals surface area contributed by atoms with E-state index in [1.54, 1.807) is 13.2 Å². The van der Waals surface area contributed by atoms with Crippen LogP contribution < -0.4 is 9.64 Å². The van der Waals surface area contributed by atoms with Gasteiger partial charge >= 0.3 is 0 Å². The number of hydrogen-bond acceptors (Lipinski definition) is 4.